The fourth-order valence-electron chi connectivity index (χ4n) is 7.67. The van der Waals surface area contributed by atoms with Crippen LogP contribution in [0.15, 0.2) is 47.1 Å². The molecule has 1 aromatic carbocycles. The van der Waals surface area contributed by atoms with Crippen LogP contribution in [0.5, 0.6) is 0 Å². The van der Waals surface area contributed by atoms with Crippen molar-refractivity contribution in [2.24, 2.45) is 33.7 Å². The summed E-state index contributed by atoms with van der Waals surface area (Å²) >= 11 is 0. The molecule has 0 spiro atoms. The van der Waals surface area contributed by atoms with E-state index in [1.165, 1.54) is 12.0 Å². The van der Waals surface area contributed by atoms with Crippen LogP contribution in [0.1, 0.15) is 70.8 Å². The van der Waals surface area contributed by atoms with E-state index in [4.69, 9.17) is 4.74 Å². The summed E-state index contributed by atoms with van der Waals surface area (Å²) in [6, 6.07) is 9.86. The number of fused-ring (bicyclic) bond motifs is 5. The lowest BCUT2D eigenvalue weighted by atomic mass is 9.48. The molecule has 5 rings (SSSR count). The molecular weight excluding hydrogens is 386 g/mol. The molecule has 3 saturated carbocycles. The van der Waals surface area contributed by atoms with Gasteiger partial charge in [0.15, 0.2) is 0 Å². The maximum atomic E-state index is 12.5. The van der Waals surface area contributed by atoms with E-state index < -0.39 is 0 Å². The van der Waals surface area contributed by atoms with Gasteiger partial charge in [0, 0.05) is 11.8 Å². The van der Waals surface area contributed by atoms with Crippen molar-refractivity contribution >= 4 is 11.7 Å². The molecule has 4 aliphatic carbocycles. The van der Waals surface area contributed by atoms with Crippen molar-refractivity contribution in [2.45, 2.75) is 77.7 Å². The zero-order chi connectivity index (χ0) is 21.6. The predicted molar refractivity (Wildman–Crippen MR) is 121 cm³/mol. The normalized spacial score (nSPS) is 40.5. The summed E-state index contributed by atoms with van der Waals surface area (Å²) in [5, 5.41) is 13.2. The first kappa shape index (κ1) is 20.8. The minimum Gasteiger partial charge on any atom is -0.462 e. The Kier molecular flexibility index (Phi) is 5.22. The predicted octanol–water partition coefficient (Wildman–Crippen LogP) is 5.93. The minimum absolute atomic E-state index is 0.0144. The number of benzene rings is 1. The SMILES string of the molecule is C[C@]12CC[C@H](OC(=O)Cc3ccccc3)CC1=CC[C@@H]1[C@@H]2CC[C@]2(C)C(=NO)CC[C@@H]12. The second kappa shape index (κ2) is 7.79. The molecule has 4 heteroatoms. The molecule has 3 fully saturated rings. The molecule has 0 aromatic heterocycles. The smallest absolute Gasteiger partial charge is 0.310 e. The van der Waals surface area contributed by atoms with E-state index in [2.05, 4.69) is 25.1 Å². The van der Waals surface area contributed by atoms with Gasteiger partial charge in [-0.15, -0.1) is 0 Å². The highest BCUT2D eigenvalue weighted by Crippen LogP contribution is 2.64. The summed E-state index contributed by atoms with van der Waals surface area (Å²) in [6.45, 7) is 4.80. The van der Waals surface area contributed by atoms with Crippen molar-refractivity contribution in [1.82, 2.24) is 0 Å². The Bertz CT molecular complexity index is 906. The molecule has 0 heterocycles. The Labute approximate surface area is 185 Å². The molecule has 1 N–H and O–H groups in total. The summed E-state index contributed by atoms with van der Waals surface area (Å²) in [5.74, 6) is 1.91. The minimum atomic E-state index is -0.107. The van der Waals surface area contributed by atoms with Crippen LogP contribution in [0.4, 0.5) is 0 Å². The molecule has 0 unspecified atom stereocenters. The number of nitrogens with zero attached hydrogens (tertiary/aromatic N) is 1. The van der Waals surface area contributed by atoms with E-state index in [0.29, 0.717) is 24.2 Å². The Balaban J connectivity index is 1.28. The fourth-order valence-corrected chi connectivity index (χ4v) is 7.67. The highest BCUT2D eigenvalue weighted by Gasteiger charge is 2.58. The number of allylic oxidation sites excluding steroid dienone is 1. The van der Waals surface area contributed by atoms with Crippen molar-refractivity contribution in [3.8, 4) is 0 Å². The van der Waals surface area contributed by atoms with Gasteiger partial charge >= 0.3 is 5.97 Å². The Morgan fingerprint density at radius 1 is 1.10 bits per heavy atom. The molecular formula is C27H35NO3. The van der Waals surface area contributed by atoms with Gasteiger partial charge in [-0.05, 0) is 73.7 Å². The molecule has 6 atom stereocenters. The van der Waals surface area contributed by atoms with Crippen molar-refractivity contribution in [2.75, 3.05) is 0 Å². The number of esters is 1. The first-order valence-electron chi connectivity index (χ1n) is 12.1. The Morgan fingerprint density at radius 3 is 2.61 bits per heavy atom. The average Bonchev–Trinajstić information content (AvgIpc) is 3.11. The number of hydrogen-bond acceptors (Lipinski definition) is 4. The number of carbonyl (C=O) groups excluding carboxylic acids is 1. The van der Waals surface area contributed by atoms with Crippen LogP contribution in [-0.4, -0.2) is 23.0 Å². The van der Waals surface area contributed by atoms with Crippen molar-refractivity contribution < 1.29 is 14.7 Å². The molecule has 166 valence electrons. The lowest BCUT2D eigenvalue weighted by molar-refractivity contribution is -0.150. The van der Waals surface area contributed by atoms with Gasteiger partial charge in [0.2, 0.25) is 0 Å². The summed E-state index contributed by atoms with van der Waals surface area (Å²) in [7, 11) is 0. The van der Waals surface area contributed by atoms with E-state index in [-0.39, 0.29) is 22.9 Å². The van der Waals surface area contributed by atoms with Crippen LogP contribution in [0.3, 0.4) is 0 Å². The van der Waals surface area contributed by atoms with Crippen LogP contribution in [0.2, 0.25) is 0 Å². The maximum absolute atomic E-state index is 12.5. The monoisotopic (exact) mass is 421 g/mol. The number of ether oxygens (including phenoxy) is 1. The zero-order valence-electron chi connectivity index (χ0n) is 18.8. The molecule has 1 aromatic rings. The first-order chi connectivity index (χ1) is 14.9. The van der Waals surface area contributed by atoms with E-state index in [1.54, 1.807) is 0 Å². The van der Waals surface area contributed by atoms with Gasteiger partial charge in [-0.25, -0.2) is 0 Å². The number of hydrogen-bond donors (Lipinski definition) is 1. The third-order valence-corrected chi connectivity index (χ3v) is 9.41. The third-order valence-electron chi connectivity index (χ3n) is 9.41. The van der Waals surface area contributed by atoms with Gasteiger partial charge in [-0.2, -0.15) is 0 Å². The van der Waals surface area contributed by atoms with Gasteiger partial charge < -0.3 is 9.94 Å². The first-order valence-corrected chi connectivity index (χ1v) is 12.1. The quantitative estimate of drug-likeness (QED) is 0.285. The van der Waals surface area contributed by atoms with E-state index in [0.717, 1.165) is 56.2 Å². The zero-order valence-corrected chi connectivity index (χ0v) is 18.8. The largest absolute Gasteiger partial charge is 0.462 e. The third kappa shape index (κ3) is 3.43. The summed E-state index contributed by atoms with van der Waals surface area (Å²) < 4.78 is 5.92. The lowest BCUT2D eigenvalue weighted by Crippen LogP contribution is -2.50. The van der Waals surface area contributed by atoms with Crippen LogP contribution < -0.4 is 0 Å². The van der Waals surface area contributed by atoms with Crippen molar-refractivity contribution in [3.05, 3.63) is 47.5 Å². The van der Waals surface area contributed by atoms with E-state index in [9.17, 15) is 10.0 Å². The topological polar surface area (TPSA) is 58.9 Å². The number of oxime groups is 1. The molecule has 0 radical (unpaired) electrons. The van der Waals surface area contributed by atoms with Gasteiger partial charge in [0.1, 0.15) is 6.10 Å². The van der Waals surface area contributed by atoms with Crippen LogP contribution in [-0.2, 0) is 16.0 Å². The highest BCUT2D eigenvalue weighted by atomic mass is 16.5. The molecule has 4 nitrogen and oxygen atoms in total. The Hall–Kier alpha value is -2.10. The second-order valence-electron chi connectivity index (χ2n) is 10.8. The van der Waals surface area contributed by atoms with Gasteiger partial charge in [-0.1, -0.05) is 61.0 Å². The fraction of sp³-hybridized carbons (Fsp3) is 0.630. The lowest BCUT2D eigenvalue weighted by Gasteiger charge is -2.57. The van der Waals surface area contributed by atoms with Gasteiger partial charge in [0.05, 0.1) is 12.1 Å². The van der Waals surface area contributed by atoms with E-state index in [1.807, 2.05) is 30.3 Å². The summed E-state index contributed by atoms with van der Waals surface area (Å²) in [6.07, 6.45) is 11.4. The number of rotatable bonds is 3. The Morgan fingerprint density at radius 2 is 1.84 bits per heavy atom. The molecule has 4 aliphatic rings. The van der Waals surface area contributed by atoms with Crippen LogP contribution in [0, 0.1) is 28.6 Å². The molecule has 0 amide bonds. The second-order valence-corrected chi connectivity index (χ2v) is 10.8. The van der Waals surface area contributed by atoms with Crippen molar-refractivity contribution in [3.63, 3.8) is 0 Å². The average molecular weight is 422 g/mol. The maximum Gasteiger partial charge on any atom is 0.310 e. The molecule has 0 aliphatic heterocycles. The van der Waals surface area contributed by atoms with Crippen LogP contribution in [0.25, 0.3) is 0 Å². The van der Waals surface area contributed by atoms with E-state index >= 15 is 0 Å². The standard InChI is InChI=1S/C27H35NO3/c1-26-14-12-20(31-25(29)16-18-6-4-3-5-7-18)17-19(26)8-9-21-22-10-11-24(28-30)27(22,2)15-13-23(21)26/h3-8,20-23,30H,9-17H2,1-2H3/t20-,21-,22-,23-,26-,27-/m0/s1. The van der Waals surface area contributed by atoms with Gasteiger partial charge in [0.25, 0.3) is 0 Å². The molecule has 0 bridgehead atoms. The molecule has 0 saturated heterocycles. The van der Waals surface area contributed by atoms with Crippen LogP contribution >= 0.6 is 0 Å². The molecule has 31 heavy (non-hydrogen) atoms. The van der Waals surface area contributed by atoms with Gasteiger partial charge in [-0.3, -0.25) is 4.79 Å². The summed E-state index contributed by atoms with van der Waals surface area (Å²) in [5.41, 5.74) is 3.88. The highest BCUT2D eigenvalue weighted by molar-refractivity contribution is 5.92. The summed E-state index contributed by atoms with van der Waals surface area (Å²) in [4.78, 5) is 12.5. The van der Waals surface area contributed by atoms with Crippen molar-refractivity contribution in [1.29, 1.82) is 0 Å². The number of carbonyl (C=O) groups is 1.